The number of fused-ring (bicyclic) bond motifs is 2. The zero-order chi connectivity index (χ0) is 61.8. The summed E-state index contributed by atoms with van der Waals surface area (Å²) in [5, 5.41) is 8.87. The number of rotatable bonds is 29. The molecule has 458 valence electrons. The van der Waals surface area contributed by atoms with Crippen LogP contribution in [0.25, 0.3) is 10.4 Å². The predicted octanol–water partition coefficient (Wildman–Crippen LogP) is 6.85. The van der Waals surface area contributed by atoms with Crippen LogP contribution in [-0.4, -0.2) is 139 Å². The summed E-state index contributed by atoms with van der Waals surface area (Å²) in [7, 11) is -16.2. The SMILES string of the molecule is CCN1/C(=C/C=C/C2=[N+](CCCCCC(=O)NCCSSCCC(=O)NCC#Cc3cn(C4CC(OCN=[N+]=[N-])C(COP(=O)(O)CP(=O)(O)CP(=O)(O)O)O4)c(=O)[nH]c3=O)c3ccc(C)cc3C2(C)C)C(C)(C)c2cc(S(=O)(=O)O)ccc21. The zero-order valence-corrected chi connectivity index (χ0v) is 52.3. The summed E-state index contributed by atoms with van der Waals surface area (Å²) < 4.78 is 89.5. The Hall–Kier alpha value is -5.10. The van der Waals surface area contributed by atoms with E-state index in [1.807, 2.05) is 6.92 Å². The fraction of sp³-hybridized carbons (Fsp3) is 0.519. The molecular weight excluding hydrogens is 1210 g/mol. The van der Waals surface area contributed by atoms with E-state index in [9.17, 15) is 55.6 Å². The fourth-order valence-electron chi connectivity index (χ4n) is 10.1. The van der Waals surface area contributed by atoms with Crippen molar-refractivity contribution in [1.82, 2.24) is 20.2 Å². The minimum Gasteiger partial charge on any atom is -0.369 e. The number of azide groups is 1. The fourth-order valence-corrected chi connectivity index (χ4v) is 18.9. The maximum Gasteiger partial charge on any atom is 0.337 e. The Kier molecular flexibility index (Phi) is 23.5. The molecule has 5 unspecified atom stereocenters. The summed E-state index contributed by atoms with van der Waals surface area (Å²) in [6.07, 6.45) is 6.68. The Balaban J connectivity index is 0.909. The third-order valence-corrected chi connectivity index (χ3v) is 24.3. The van der Waals surface area contributed by atoms with Crippen LogP contribution in [0.2, 0.25) is 0 Å². The molecule has 0 saturated carbocycles. The molecule has 6 rings (SSSR count). The van der Waals surface area contributed by atoms with Crippen molar-refractivity contribution in [3.05, 3.63) is 120 Å². The first-order valence-electron chi connectivity index (χ1n) is 26.6. The second-order valence-electron chi connectivity index (χ2n) is 21.1. The summed E-state index contributed by atoms with van der Waals surface area (Å²) in [4.78, 5) is 95.7. The van der Waals surface area contributed by atoms with Gasteiger partial charge in [-0.05, 0) is 82.0 Å². The van der Waals surface area contributed by atoms with E-state index in [-0.39, 0.29) is 47.1 Å². The van der Waals surface area contributed by atoms with Gasteiger partial charge in [0.25, 0.3) is 15.7 Å². The summed E-state index contributed by atoms with van der Waals surface area (Å²) in [5.41, 5.74) is 13.3. The molecule has 26 nitrogen and oxygen atoms in total. The van der Waals surface area contributed by atoms with Gasteiger partial charge in [0.05, 0.1) is 29.6 Å². The van der Waals surface area contributed by atoms with Crippen molar-refractivity contribution in [2.75, 3.05) is 67.7 Å². The molecule has 2 aromatic carbocycles. The number of H-pyrrole nitrogens is 1. The number of aromatic nitrogens is 2. The number of ether oxygens (including phenoxy) is 2. The Morgan fingerprint density at radius 2 is 1.71 bits per heavy atom. The highest BCUT2D eigenvalue weighted by Crippen LogP contribution is 2.63. The number of anilines is 1. The lowest BCUT2D eigenvalue weighted by Gasteiger charge is -2.25. The van der Waals surface area contributed by atoms with Gasteiger partial charge in [0, 0.05) is 95.9 Å². The molecule has 32 heteroatoms. The first kappa shape index (κ1) is 68.0. The van der Waals surface area contributed by atoms with Gasteiger partial charge in [-0.3, -0.25) is 42.2 Å². The molecule has 1 fully saturated rings. The average molecular weight is 1280 g/mol. The Labute approximate surface area is 494 Å². The number of unbranched alkanes of at least 4 members (excludes halogenated alkanes) is 2. The molecule has 3 aliphatic heterocycles. The molecule has 0 bridgehead atoms. The van der Waals surface area contributed by atoms with Crippen molar-refractivity contribution in [2.45, 2.75) is 114 Å². The van der Waals surface area contributed by atoms with Crippen molar-refractivity contribution >= 4 is 83.2 Å². The Bertz CT molecular complexity index is 3570. The van der Waals surface area contributed by atoms with Crippen molar-refractivity contribution in [2.24, 2.45) is 5.11 Å². The molecule has 5 atom stereocenters. The molecule has 3 aliphatic rings. The number of hydrogen-bond acceptors (Lipinski definition) is 16. The van der Waals surface area contributed by atoms with E-state index >= 15 is 0 Å². The van der Waals surface area contributed by atoms with E-state index in [0.29, 0.717) is 31.0 Å². The molecule has 4 heterocycles. The molecule has 84 heavy (non-hydrogen) atoms. The van der Waals surface area contributed by atoms with Gasteiger partial charge in [-0.1, -0.05) is 70.1 Å². The zero-order valence-electron chi connectivity index (χ0n) is 47.2. The lowest BCUT2D eigenvalue weighted by atomic mass is 9.80. The third kappa shape index (κ3) is 18.5. The number of aromatic amines is 1. The molecule has 0 aliphatic carbocycles. The monoisotopic (exact) mass is 1280 g/mol. The van der Waals surface area contributed by atoms with Crippen LogP contribution < -0.4 is 26.8 Å². The van der Waals surface area contributed by atoms with Gasteiger partial charge in [0.2, 0.25) is 24.9 Å². The van der Waals surface area contributed by atoms with Crippen LogP contribution in [0.4, 0.5) is 11.4 Å². The number of nitrogens with zero attached hydrogens (tertiary/aromatic N) is 6. The normalized spacial score (nSPS) is 20.0. The molecule has 1 saturated heterocycles. The number of hydrogen-bond donors (Lipinski definition) is 8. The van der Waals surface area contributed by atoms with Crippen LogP contribution in [0.15, 0.2) is 86.1 Å². The lowest BCUT2D eigenvalue weighted by Crippen LogP contribution is -2.34. The van der Waals surface area contributed by atoms with Gasteiger partial charge in [0.1, 0.15) is 43.0 Å². The number of amides is 2. The summed E-state index contributed by atoms with van der Waals surface area (Å²) in [5.74, 6) is 2.95. The summed E-state index contributed by atoms with van der Waals surface area (Å²) in [6.45, 7) is 13.1. The molecule has 0 spiro atoms. The minimum absolute atomic E-state index is 0.0376. The topological polar surface area (TPSA) is 382 Å². The molecule has 8 N–H and O–H groups in total. The summed E-state index contributed by atoms with van der Waals surface area (Å²) in [6, 6.07) is 11.3. The van der Waals surface area contributed by atoms with E-state index in [1.165, 1.54) is 38.8 Å². The van der Waals surface area contributed by atoms with Crippen LogP contribution in [0.5, 0.6) is 0 Å². The van der Waals surface area contributed by atoms with E-state index < -0.39 is 92.9 Å². The van der Waals surface area contributed by atoms with E-state index in [1.54, 1.807) is 12.1 Å². The van der Waals surface area contributed by atoms with Gasteiger partial charge < -0.3 is 49.1 Å². The van der Waals surface area contributed by atoms with Crippen LogP contribution in [0, 0.1) is 18.8 Å². The molecule has 3 aromatic rings. The van der Waals surface area contributed by atoms with E-state index in [0.717, 1.165) is 64.9 Å². The van der Waals surface area contributed by atoms with Crippen LogP contribution in [0.1, 0.15) is 102 Å². The first-order valence-corrected chi connectivity index (χ1v) is 36.2. The largest absolute Gasteiger partial charge is 0.369 e. The first-order chi connectivity index (χ1) is 39.4. The average Bonchev–Trinajstić information content (AvgIpc) is 2.03. The van der Waals surface area contributed by atoms with Crippen LogP contribution in [-0.2, 0) is 58.2 Å². The van der Waals surface area contributed by atoms with E-state index in [2.05, 4.69) is 118 Å². The Morgan fingerprint density at radius 1 is 0.988 bits per heavy atom. The summed E-state index contributed by atoms with van der Waals surface area (Å²) >= 11 is 0. The third-order valence-electron chi connectivity index (χ3n) is 14.0. The van der Waals surface area contributed by atoms with Gasteiger partial charge in [-0.15, -0.1) is 0 Å². The van der Waals surface area contributed by atoms with E-state index in [4.69, 9.17) is 29.3 Å². The molecule has 0 radical (unpaired) electrons. The smallest absolute Gasteiger partial charge is 0.337 e. The highest BCUT2D eigenvalue weighted by atomic mass is 33.1. The number of likely N-dealkylation sites (N-methyl/N-ethyl adjacent to an activating group) is 1. The number of carbonyl (C=O) groups excluding carboxylic acids is 2. The number of benzene rings is 2. The number of allylic oxidation sites excluding steroid dienone is 4. The van der Waals surface area contributed by atoms with Gasteiger partial charge in [0.15, 0.2) is 5.71 Å². The van der Waals surface area contributed by atoms with Crippen molar-refractivity contribution in [1.29, 1.82) is 0 Å². The molecular formula is C52H71N9O17P3S3+. The number of nitrogens with one attached hydrogen (secondary N) is 3. The van der Waals surface area contributed by atoms with Crippen LogP contribution >= 0.6 is 44.1 Å². The van der Waals surface area contributed by atoms with Crippen molar-refractivity contribution < 1.29 is 74.4 Å². The van der Waals surface area contributed by atoms with Gasteiger partial charge in [-0.25, -0.2) is 4.79 Å². The number of carbonyl (C=O) groups is 2. The quantitative estimate of drug-likeness (QED) is 0.00405. The Morgan fingerprint density at radius 3 is 2.42 bits per heavy atom. The van der Waals surface area contributed by atoms with Crippen LogP contribution in [0.3, 0.4) is 0 Å². The maximum absolute atomic E-state index is 12.9. The van der Waals surface area contributed by atoms with Gasteiger partial charge in [-0.2, -0.15) is 13.0 Å². The highest BCUT2D eigenvalue weighted by Gasteiger charge is 2.46. The molecule has 1 aromatic heterocycles. The van der Waals surface area contributed by atoms with Gasteiger partial charge >= 0.3 is 20.9 Å². The standard InChI is InChI=1S/C52H70N9O17P3S3/c1-7-59-40-20-18-37(84(73,74)75)28-39(40)52(5,6)44(59)14-11-15-45-51(3,4)38-27-35(2)17-19-41(38)60(45)24-10-8-9-16-46(62)55-23-26-83-82-25-21-47(63)54-22-12-13-36-30-61(50(65)57-49(36)64)48-29-42(76-32-56-58-53)43(78-48)31-77-81(71,72)34-79(66,67)33-80(68,69)70/h11,14-15,17-20,27-28,30,42-43,48H,7-10,16,21-26,29,31-34H2,1-6H3,(H7-,54,55,57,62,63,64,65,66,67,68,69,70,71,72,73,74,75)/p+1. The predicted molar refractivity (Wildman–Crippen MR) is 321 cm³/mol. The molecule has 2 amide bonds. The van der Waals surface area contributed by atoms with Crippen molar-refractivity contribution in [3.63, 3.8) is 0 Å². The second kappa shape index (κ2) is 29.1. The highest BCUT2D eigenvalue weighted by molar-refractivity contribution is 8.76. The van der Waals surface area contributed by atoms with Crippen molar-refractivity contribution in [3.8, 4) is 11.8 Å². The lowest BCUT2D eigenvalue weighted by molar-refractivity contribution is -0.438. The second-order valence-corrected chi connectivity index (χ2v) is 32.1. The minimum atomic E-state index is -5.03. The number of aryl methyl sites for hydroxylation is 1. The maximum atomic E-state index is 12.9.